The topological polar surface area (TPSA) is 109 Å². The Bertz CT molecular complexity index is 1780. The molecule has 2 aliphatic heterocycles. The maximum Gasteiger partial charge on any atom is 0.274 e. The van der Waals surface area contributed by atoms with Gasteiger partial charge in [0.2, 0.25) is 0 Å². The average molecular weight is 682 g/mol. The van der Waals surface area contributed by atoms with Crippen LogP contribution in [0, 0.1) is 6.92 Å². The number of hydrogen-bond donors (Lipinski definition) is 2. The summed E-state index contributed by atoms with van der Waals surface area (Å²) in [5.74, 6) is 1.23. The second-order valence-corrected chi connectivity index (χ2v) is 14.4. The summed E-state index contributed by atoms with van der Waals surface area (Å²) in [6, 6.07) is 21.3. The van der Waals surface area contributed by atoms with Crippen molar-refractivity contribution in [3.63, 3.8) is 0 Å². The number of unbranched alkanes of at least 4 members (excludes halogenated alkanes) is 2. The quantitative estimate of drug-likeness (QED) is 0.202. The van der Waals surface area contributed by atoms with Gasteiger partial charge in [-0.2, -0.15) is 5.10 Å². The van der Waals surface area contributed by atoms with E-state index in [1.165, 1.54) is 0 Å². The Morgan fingerprint density at radius 2 is 1.69 bits per heavy atom. The molecule has 2 amide bonds. The fourth-order valence-electron chi connectivity index (χ4n) is 6.54. The van der Waals surface area contributed by atoms with E-state index in [0.29, 0.717) is 56.2 Å². The number of benzene rings is 3. The molecule has 0 bridgehead atoms. The lowest BCUT2D eigenvalue weighted by Crippen LogP contribution is -2.46. The maximum atomic E-state index is 14.6. The molecule has 2 aliphatic rings. The second kappa shape index (κ2) is 15.7. The molecule has 0 aliphatic carbocycles. The molecule has 11 heteroatoms. The summed E-state index contributed by atoms with van der Waals surface area (Å²) in [5.41, 5.74) is 5.22. The van der Waals surface area contributed by atoms with Crippen LogP contribution in [0.25, 0.3) is 5.69 Å². The van der Waals surface area contributed by atoms with E-state index in [1.54, 1.807) is 9.58 Å². The lowest BCUT2D eigenvalue weighted by atomic mass is 9.93. The highest BCUT2D eigenvalue weighted by Gasteiger charge is 2.32. The lowest BCUT2D eigenvalue weighted by Gasteiger charge is -2.36. The predicted molar refractivity (Wildman–Crippen MR) is 194 cm³/mol. The van der Waals surface area contributed by atoms with E-state index in [9.17, 15) is 14.7 Å². The van der Waals surface area contributed by atoms with Gasteiger partial charge in [-0.15, -0.1) is 0 Å². The molecule has 1 aromatic heterocycles. The van der Waals surface area contributed by atoms with Crippen molar-refractivity contribution in [3.05, 3.63) is 94.8 Å². The third-order valence-electron chi connectivity index (χ3n) is 9.34. The largest absolute Gasteiger partial charge is 0.486 e. The van der Waals surface area contributed by atoms with E-state index in [2.05, 4.69) is 31.0 Å². The lowest BCUT2D eigenvalue weighted by molar-refractivity contribution is 0.0544. The first kappa shape index (κ1) is 34.3. The van der Waals surface area contributed by atoms with Crippen LogP contribution in [0.5, 0.6) is 11.5 Å². The number of nitrogens with zero attached hydrogens (tertiary/aromatic N) is 4. The Morgan fingerprint density at radius 1 is 0.959 bits per heavy atom. The van der Waals surface area contributed by atoms with Gasteiger partial charge in [-0.25, -0.2) is 4.68 Å². The van der Waals surface area contributed by atoms with Gasteiger partial charge in [0.1, 0.15) is 13.2 Å². The van der Waals surface area contributed by atoms with Gasteiger partial charge in [-0.1, -0.05) is 57.0 Å². The highest BCUT2D eigenvalue weighted by Crippen LogP contribution is 2.30. The normalized spacial score (nSPS) is 15.3. The zero-order chi connectivity index (χ0) is 34.3. The fraction of sp³-hybridized carbons (Fsp3) is 0.395. The van der Waals surface area contributed by atoms with Gasteiger partial charge in [0.05, 0.1) is 23.9 Å². The summed E-state index contributed by atoms with van der Waals surface area (Å²) in [6.07, 6.45) is 4.45. The fourth-order valence-corrected chi connectivity index (χ4v) is 7.70. The van der Waals surface area contributed by atoms with E-state index >= 15 is 0 Å². The van der Waals surface area contributed by atoms with Crippen LogP contribution in [-0.4, -0.2) is 85.1 Å². The molecule has 6 rings (SSSR count). The molecule has 258 valence electrons. The van der Waals surface area contributed by atoms with E-state index in [4.69, 9.17) is 14.6 Å². The Labute approximate surface area is 290 Å². The molecule has 49 heavy (non-hydrogen) atoms. The number of amides is 2. The zero-order valence-electron chi connectivity index (χ0n) is 28.8. The number of nitrogens with one attached hydrogen (secondary N) is 1. The average Bonchev–Trinajstić information content (AvgIpc) is 3.53. The van der Waals surface area contributed by atoms with Crippen LogP contribution in [0.15, 0.2) is 66.7 Å². The summed E-state index contributed by atoms with van der Waals surface area (Å²) in [6.45, 7) is 8.88. The van der Waals surface area contributed by atoms with E-state index in [0.717, 1.165) is 64.9 Å². The summed E-state index contributed by atoms with van der Waals surface area (Å²) in [7, 11) is -0.994. The monoisotopic (exact) mass is 681 g/mol. The third kappa shape index (κ3) is 7.68. The first-order valence-electron chi connectivity index (χ1n) is 17.5. The van der Waals surface area contributed by atoms with Crippen LogP contribution < -0.4 is 19.6 Å². The zero-order valence-corrected chi connectivity index (χ0v) is 30.2. The van der Waals surface area contributed by atoms with Gasteiger partial charge in [-0.3, -0.25) is 9.59 Å². The van der Waals surface area contributed by atoms with Crippen molar-refractivity contribution >= 4 is 32.4 Å². The van der Waals surface area contributed by atoms with Crippen LogP contribution in [0.4, 0.5) is 5.69 Å². The minimum atomic E-state index is -0.994. The molecule has 0 radical (unpaired) electrons. The van der Waals surface area contributed by atoms with Crippen molar-refractivity contribution in [2.24, 2.45) is 0 Å². The summed E-state index contributed by atoms with van der Waals surface area (Å²) < 4.78 is 13.2. The van der Waals surface area contributed by atoms with Crippen LogP contribution in [0.1, 0.15) is 77.2 Å². The van der Waals surface area contributed by atoms with Crippen LogP contribution in [0.3, 0.4) is 0 Å². The molecule has 0 spiro atoms. The first-order chi connectivity index (χ1) is 23.9. The number of aryl methyl sites for hydroxylation is 1. The van der Waals surface area contributed by atoms with Crippen molar-refractivity contribution < 1.29 is 24.2 Å². The van der Waals surface area contributed by atoms with Gasteiger partial charge in [-0.05, 0) is 78.9 Å². The molecule has 1 unspecified atom stereocenters. The Kier molecular flexibility index (Phi) is 11.0. The summed E-state index contributed by atoms with van der Waals surface area (Å²) in [4.78, 5) is 35.6. The maximum absolute atomic E-state index is 14.6. The number of carbonyl (C=O) groups excluding carboxylic acids is 2. The van der Waals surface area contributed by atoms with Gasteiger partial charge in [0.15, 0.2) is 26.9 Å². The van der Waals surface area contributed by atoms with Crippen molar-refractivity contribution in [2.75, 3.05) is 37.9 Å². The molecule has 0 fully saturated rings. The molecular weight excluding hydrogens is 635 g/mol. The minimum absolute atomic E-state index is 0.0895. The van der Waals surface area contributed by atoms with Gasteiger partial charge >= 0.3 is 0 Å². The molecule has 1 atom stereocenters. The number of carbonyl (C=O) groups is 2. The Morgan fingerprint density at radius 3 is 2.43 bits per heavy atom. The van der Waals surface area contributed by atoms with Crippen molar-refractivity contribution in [1.82, 2.24) is 19.6 Å². The van der Waals surface area contributed by atoms with Gasteiger partial charge in [0.25, 0.3) is 11.8 Å². The molecule has 0 saturated heterocycles. The van der Waals surface area contributed by atoms with Crippen molar-refractivity contribution in [3.8, 4) is 17.2 Å². The van der Waals surface area contributed by atoms with Crippen LogP contribution in [0.2, 0.25) is 0 Å². The molecule has 4 aromatic rings. The summed E-state index contributed by atoms with van der Waals surface area (Å²) in [5, 5.41) is 16.4. The van der Waals surface area contributed by atoms with Crippen molar-refractivity contribution in [2.45, 2.75) is 65.5 Å². The number of hydrogen-bond acceptors (Lipinski definition) is 7. The molecular formula is C38H47N5O5Si. The minimum Gasteiger partial charge on any atom is -0.486 e. The van der Waals surface area contributed by atoms with E-state index in [1.807, 2.05) is 66.4 Å². The number of rotatable bonds is 13. The molecule has 10 nitrogen and oxygen atoms in total. The predicted octanol–water partition coefficient (Wildman–Crippen LogP) is 4.37. The SMILES string of the molecule is CCCCN(CCCC)C(=O)c1cc(C)n(-c2ccc(N[SiH2]c3ccc4c(c3)OCCO4)cc2C(=O)N2Cc3ccccc3CC2CO)n1. The first-order valence-corrected chi connectivity index (χ1v) is 18.9. The highest BCUT2D eigenvalue weighted by molar-refractivity contribution is 6.57. The Balaban J connectivity index is 1.34. The number of aliphatic hydroxyl groups excluding tert-OH is 1. The number of fused-ring (bicyclic) bond motifs is 2. The number of aromatic nitrogens is 2. The number of aliphatic hydroxyl groups is 1. The summed E-state index contributed by atoms with van der Waals surface area (Å²) >= 11 is 0. The van der Waals surface area contributed by atoms with E-state index < -0.39 is 9.68 Å². The second-order valence-electron chi connectivity index (χ2n) is 12.9. The van der Waals surface area contributed by atoms with E-state index in [-0.39, 0.29) is 24.5 Å². The molecule has 3 aromatic carbocycles. The number of ether oxygens (including phenoxy) is 2. The standard InChI is InChI=1S/C38H47N5O5Si/c1-4-6-16-41(17-7-5-2)38(46)33-20-26(3)43(39-33)34-14-12-29(40-49-31-13-15-35-36(23-31)48-19-18-47-35)22-32(34)37(45)42-24-28-11-9-8-10-27(28)21-30(42)25-44/h8-15,20,22-23,30,40,44H,4-7,16-19,21,24-25,49H2,1-3H3. The molecule has 3 heterocycles. The Hall–Kier alpha value is -4.61. The molecule has 2 N–H and O–H groups in total. The highest BCUT2D eigenvalue weighted by atomic mass is 28.2. The van der Waals surface area contributed by atoms with Crippen LogP contribution in [-0.2, 0) is 13.0 Å². The molecule has 0 saturated carbocycles. The van der Waals surface area contributed by atoms with Crippen molar-refractivity contribution in [1.29, 1.82) is 0 Å². The number of anilines is 1. The smallest absolute Gasteiger partial charge is 0.274 e. The third-order valence-corrected chi connectivity index (χ3v) is 10.8. The van der Waals surface area contributed by atoms with Gasteiger partial charge in [0, 0.05) is 31.0 Å². The van der Waals surface area contributed by atoms with Gasteiger partial charge < -0.3 is 29.4 Å². The van der Waals surface area contributed by atoms with Crippen LogP contribution >= 0.6 is 0 Å².